The molecule has 0 radical (unpaired) electrons. The molecule has 9 N–H and O–H groups in total. The quantitative estimate of drug-likeness (QED) is 0.0369. The van der Waals surface area contributed by atoms with Gasteiger partial charge in [-0.2, -0.15) is 0 Å². The largest absolute Gasteiger partial charge is 0.481 e. The third-order valence-electron chi connectivity index (χ3n) is 9.96. The highest BCUT2D eigenvalue weighted by atomic mass is 16.8. The molecule has 0 aromatic heterocycles. The lowest BCUT2D eigenvalue weighted by atomic mass is 9.96. The third kappa shape index (κ3) is 18.7. The summed E-state index contributed by atoms with van der Waals surface area (Å²) in [6.07, 6.45) is -7.63. The van der Waals surface area contributed by atoms with Crippen LogP contribution in [0.2, 0.25) is 0 Å². The number of hydrogen-bond donors (Lipinski definition) is 9. The van der Waals surface area contributed by atoms with Gasteiger partial charge in [-0.15, -0.1) is 0 Å². The zero-order valence-corrected chi connectivity index (χ0v) is 32.8. The molecular formula is C38H68O18. The minimum absolute atomic E-state index is 0.227. The number of carbonyl (C=O) groups excluding carboxylic acids is 2. The van der Waals surface area contributed by atoms with Crippen molar-refractivity contribution in [3.8, 4) is 0 Å². The van der Waals surface area contributed by atoms with E-state index >= 15 is 0 Å². The maximum absolute atomic E-state index is 12.8. The van der Waals surface area contributed by atoms with E-state index in [-0.39, 0.29) is 13.0 Å². The molecule has 18 heteroatoms. The Kier molecular flexibility index (Phi) is 24.7. The van der Waals surface area contributed by atoms with Crippen molar-refractivity contribution in [2.24, 2.45) is 0 Å². The van der Waals surface area contributed by atoms with Crippen molar-refractivity contribution >= 4 is 17.9 Å². The maximum atomic E-state index is 12.8. The number of ether oxygens (including phenoxy) is 6. The maximum Gasteiger partial charge on any atom is 0.308 e. The Hall–Kier alpha value is -2.07. The van der Waals surface area contributed by atoms with E-state index in [1.807, 2.05) is 6.92 Å². The van der Waals surface area contributed by atoms with E-state index in [2.05, 4.69) is 0 Å². The molecule has 13 atom stereocenters. The molecule has 2 heterocycles. The average Bonchev–Trinajstić information content (AvgIpc) is 3.14. The Morgan fingerprint density at radius 3 is 1.71 bits per heavy atom. The van der Waals surface area contributed by atoms with Gasteiger partial charge in [0.2, 0.25) is 0 Å². The monoisotopic (exact) mass is 812 g/mol. The molecule has 18 nitrogen and oxygen atoms in total. The van der Waals surface area contributed by atoms with E-state index in [9.17, 15) is 55.2 Å². The fourth-order valence-corrected chi connectivity index (χ4v) is 6.71. The number of carbonyl (C=O) groups is 3. The SMILES string of the molecule is CCCCC[C@H](O)CC(=O)O[C@H]1[C@H](O[C@H]2[C@H](O)[C@@H](O)[C@H](OC[C@H](O)CCCCCCCCCCC[C@@H](O)CC(=O)O)O[C@@H]2COC(C)=O)O[C@H](CO)[C@@H](O)[C@@H]1O. The number of rotatable bonds is 29. The van der Waals surface area contributed by atoms with Gasteiger partial charge in [0.25, 0.3) is 0 Å². The fraction of sp³-hybridized carbons (Fsp3) is 0.921. The van der Waals surface area contributed by atoms with Crippen LogP contribution >= 0.6 is 0 Å². The van der Waals surface area contributed by atoms with Crippen LogP contribution in [0.25, 0.3) is 0 Å². The van der Waals surface area contributed by atoms with E-state index in [0.717, 1.165) is 71.1 Å². The number of esters is 2. The lowest BCUT2D eigenvalue weighted by molar-refractivity contribution is -0.361. The third-order valence-corrected chi connectivity index (χ3v) is 9.96. The summed E-state index contributed by atoms with van der Waals surface area (Å²) in [5, 5.41) is 92.4. The molecule has 0 aliphatic carbocycles. The van der Waals surface area contributed by atoms with Crippen LogP contribution in [0.15, 0.2) is 0 Å². The van der Waals surface area contributed by atoms with Crippen molar-refractivity contribution < 1.29 is 88.8 Å². The van der Waals surface area contributed by atoms with Crippen LogP contribution in [0.1, 0.15) is 123 Å². The van der Waals surface area contributed by atoms with Gasteiger partial charge in [-0.1, -0.05) is 84.0 Å². The van der Waals surface area contributed by atoms with Crippen molar-refractivity contribution in [2.45, 2.75) is 203 Å². The summed E-state index contributed by atoms with van der Waals surface area (Å²) in [7, 11) is 0. The molecule has 2 saturated heterocycles. The molecule has 2 aliphatic rings. The molecule has 0 aromatic carbocycles. The van der Waals surface area contributed by atoms with E-state index < -0.39 is 117 Å². The Balaban J connectivity index is 1.90. The van der Waals surface area contributed by atoms with Crippen LogP contribution in [0.4, 0.5) is 0 Å². The Morgan fingerprint density at radius 2 is 1.16 bits per heavy atom. The van der Waals surface area contributed by atoms with Crippen LogP contribution in [0.3, 0.4) is 0 Å². The Bertz CT molecular complexity index is 1100. The summed E-state index contributed by atoms with van der Waals surface area (Å²) in [6.45, 7) is 1.59. The molecule has 56 heavy (non-hydrogen) atoms. The number of carboxylic acid groups (broad SMARTS) is 1. The molecule has 0 bridgehead atoms. The summed E-state index contributed by atoms with van der Waals surface area (Å²) in [5.74, 6) is -2.64. The molecule has 0 aromatic rings. The second-order valence-corrected chi connectivity index (χ2v) is 14.9. The summed E-state index contributed by atoms with van der Waals surface area (Å²) >= 11 is 0. The molecule has 0 amide bonds. The molecule has 328 valence electrons. The van der Waals surface area contributed by atoms with Crippen molar-refractivity contribution in [1.29, 1.82) is 0 Å². The standard InChI is InChI=1S/C38H68O18/c1-3-4-12-15-25(42)19-30(46)55-36-32(48)31(47)27(20-39)53-38(36)56-35-28(22-51-23(2)40)54-37(34(50)33(35)49)52-21-26(43)17-14-11-9-7-5-6-8-10-13-16-24(41)18-29(44)45/h24-28,31-39,41-43,47-50H,3-22H2,1-2H3,(H,44,45)/t24-,25+,26-,27-,28-,31-,32+,33-,34-,35-,36-,37-,38+/m1/s1. The molecule has 0 saturated carbocycles. The highest BCUT2D eigenvalue weighted by Gasteiger charge is 2.52. The van der Waals surface area contributed by atoms with Gasteiger partial charge >= 0.3 is 17.9 Å². The minimum atomic E-state index is -1.83. The van der Waals surface area contributed by atoms with Gasteiger partial charge in [-0.25, -0.2) is 0 Å². The first-order chi connectivity index (χ1) is 26.7. The molecular weight excluding hydrogens is 744 g/mol. The van der Waals surface area contributed by atoms with Crippen LogP contribution < -0.4 is 0 Å². The van der Waals surface area contributed by atoms with Gasteiger partial charge in [-0.05, 0) is 19.3 Å². The van der Waals surface area contributed by atoms with Gasteiger partial charge < -0.3 is 74.4 Å². The van der Waals surface area contributed by atoms with Gasteiger partial charge in [0.15, 0.2) is 18.7 Å². The first kappa shape index (κ1) is 50.1. The predicted octanol–water partition coefficient (Wildman–Crippen LogP) is 0.568. The number of aliphatic carboxylic acids is 1. The smallest absolute Gasteiger partial charge is 0.308 e. The van der Waals surface area contributed by atoms with E-state index in [1.165, 1.54) is 0 Å². The van der Waals surface area contributed by atoms with Gasteiger partial charge in [0.1, 0.15) is 49.3 Å². The van der Waals surface area contributed by atoms with Gasteiger partial charge in [0.05, 0.1) is 44.4 Å². The zero-order valence-electron chi connectivity index (χ0n) is 32.8. The first-order valence-electron chi connectivity index (χ1n) is 20.2. The number of aliphatic hydroxyl groups excluding tert-OH is 8. The van der Waals surface area contributed by atoms with E-state index in [1.54, 1.807) is 0 Å². The number of carboxylic acids is 1. The van der Waals surface area contributed by atoms with Gasteiger partial charge in [-0.3, -0.25) is 14.4 Å². The summed E-state index contributed by atoms with van der Waals surface area (Å²) in [4.78, 5) is 35.1. The predicted molar refractivity (Wildman–Crippen MR) is 196 cm³/mol. The lowest BCUT2D eigenvalue weighted by Gasteiger charge is -2.46. The van der Waals surface area contributed by atoms with Crippen LogP contribution in [-0.4, -0.2) is 163 Å². The highest BCUT2D eigenvalue weighted by molar-refractivity contribution is 5.70. The van der Waals surface area contributed by atoms with Gasteiger partial charge in [0, 0.05) is 6.92 Å². The Labute approximate surface area is 329 Å². The molecule has 2 rings (SSSR count). The van der Waals surface area contributed by atoms with E-state index in [4.69, 9.17) is 33.5 Å². The zero-order chi connectivity index (χ0) is 41.6. The normalized spacial score (nSPS) is 29.7. The van der Waals surface area contributed by atoms with Crippen LogP contribution in [0, 0.1) is 0 Å². The molecule has 2 fully saturated rings. The second kappa shape index (κ2) is 27.6. The first-order valence-corrected chi connectivity index (χ1v) is 20.2. The fourth-order valence-electron chi connectivity index (χ4n) is 6.71. The number of unbranched alkanes of at least 4 members (excludes halogenated alkanes) is 10. The molecule has 0 unspecified atom stereocenters. The average molecular weight is 813 g/mol. The second-order valence-electron chi connectivity index (χ2n) is 14.9. The summed E-state index contributed by atoms with van der Waals surface area (Å²) in [6, 6.07) is 0. The highest BCUT2D eigenvalue weighted by Crippen LogP contribution is 2.31. The summed E-state index contributed by atoms with van der Waals surface area (Å²) in [5.41, 5.74) is 0. The number of aliphatic hydroxyl groups is 8. The minimum Gasteiger partial charge on any atom is -0.481 e. The van der Waals surface area contributed by atoms with Crippen molar-refractivity contribution in [2.75, 3.05) is 19.8 Å². The Morgan fingerprint density at radius 1 is 0.643 bits per heavy atom. The summed E-state index contributed by atoms with van der Waals surface area (Å²) < 4.78 is 33.5. The number of hydrogen-bond acceptors (Lipinski definition) is 17. The topological polar surface area (TPSA) is 289 Å². The van der Waals surface area contributed by atoms with Crippen LogP contribution in [0.5, 0.6) is 0 Å². The van der Waals surface area contributed by atoms with Crippen molar-refractivity contribution in [3.05, 3.63) is 0 Å². The lowest BCUT2D eigenvalue weighted by Crippen LogP contribution is -2.65. The van der Waals surface area contributed by atoms with Crippen molar-refractivity contribution in [1.82, 2.24) is 0 Å². The molecule has 2 aliphatic heterocycles. The molecule has 0 spiro atoms. The van der Waals surface area contributed by atoms with Crippen LogP contribution in [-0.2, 0) is 42.8 Å². The van der Waals surface area contributed by atoms with Crippen molar-refractivity contribution in [3.63, 3.8) is 0 Å². The van der Waals surface area contributed by atoms with E-state index in [0.29, 0.717) is 32.1 Å².